The molecule has 1 aliphatic heterocycles. The third-order valence-electron chi connectivity index (χ3n) is 2.90. The van der Waals surface area contributed by atoms with Crippen molar-refractivity contribution in [2.75, 3.05) is 18.7 Å². The first-order valence-electron chi connectivity index (χ1n) is 6.46. The number of hydrogen-bond donors (Lipinski definition) is 1. The number of carbonyl (C=O) groups is 1. The number of nitrogens with zero attached hydrogens (tertiary/aromatic N) is 1. The average Bonchev–Trinajstić information content (AvgIpc) is 2.92. The fourth-order valence-corrected chi connectivity index (χ4v) is 1.90. The molecule has 0 bridgehead atoms. The highest BCUT2D eigenvalue weighted by Gasteiger charge is 2.14. The largest absolute Gasteiger partial charge is 0.484 e. The summed E-state index contributed by atoms with van der Waals surface area (Å²) in [7, 11) is 0. The molecule has 108 valence electrons. The number of aromatic nitrogens is 1. The van der Waals surface area contributed by atoms with Gasteiger partial charge in [0.05, 0.1) is 0 Å². The van der Waals surface area contributed by atoms with Crippen molar-refractivity contribution in [3.63, 3.8) is 0 Å². The van der Waals surface area contributed by atoms with Gasteiger partial charge in [-0.25, -0.2) is 4.98 Å². The van der Waals surface area contributed by atoms with Gasteiger partial charge in [-0.1, -0.05) is 0 Å². The van der Waals surface area contributed by atoms with Gasteiger partial charge >= 0.3 is 0 Å². The van der Waals surface area contributed by atoms with E-state index < -0.39 is 0 Å². The summed E-state index contributed by atoms with van der Waals surface area (Å²) in [4.78, 5) is 15.9. The minimum absolute atomic E-state index is 0.102. The minimum Gasteiger partial charge on any atom is -0.484 e. The van der Waals surface area contributed by atoms with Crippen LogP contribution < -0.4 is 19.5 Å². The number of ether oxygens (including phenoxy) is 3. The van der Waals surface area contributed by atoms with Crippen molar-refractivity contribution in [3.05, 3.63) is 42.1 Å². The number of nitrogens with one attached hydrogen (secondary N) is 1. The second-order valence-electron chi connectivity index (χ2n) is 4.57. The maximum Gasteiger partial charge on any atom is 0.263 e. The molecule has 1 N–H and O–H groups in total. The van der Waals surface area contributed by atoms with Gasteiger partial charge in [0.15, 0.2) is 18.1 Å². The summed E-state index contributed by atoms with van der Waals surface area (Å²) >= 11 is 0. The first-order valence-corrected chi connectivity index (χ1v) is 6.46. The summed E-state index contributed by atoms with van der Waals surface area (Å²) in [5.74, 6) is 2.08. The highest BCUT2D eigenvalue weighted by Crippen LogP contribution is 2.34. The fourth-order valence-electron chi connectivity index (χ4n) is 1.90. The van der Waals surface area contributed by atoms with E-state index in [1.807, 2.05) is 13.0 Å². The molecule has 0 saturated carbocycles. The van der Waals surface area contributed by atoms with Crippen LogP contribution in [0.2, 0.25) is 0 Å². The molecule has 0 atom stereocenters. The van der Waals surface area contributed by atoms with E-state index in [1.165, 1.54) is 0 Å². The summed E-state index contributed by atoms with van der Waals surface area (Å²) in [6.07, 6.45) is 1.64. The van der Waals surface area contributed by atoms with E-state index >= 15 is 0 Å². The Morgan fingerprint density at radius 3 is 3.00 bits per heavy atom. The van der Waals surface area contributed by atoms with E-state index in [2.05, 4.69) is 10.3 Å². The first-order chi connectivity index (χ1) is 10.2. The highest BCUT2D eigenvalue weighted by molar-refractivity contribution is 5.91. The molecule has 0 aliphatic carbocycles. The van der Waals surface area contributed by atoms with Gasteiger partial charge in [-0.15, -0.1) is 0 Å². The smallest absolute Gasteiger partial charge is 0.263 e. The lowest BCUT2D eigenvalue weighted by Crippen LogP contribution is -2.20. The monoisotopic (exact) mass is 286 g/mol. The Morgan fingerprint density at radius 1 is 1.29 bits per heavy atom. The summed E-state index contributed by atoms with van der Waals surface area (Å²) in [5, 5.41) is 2.67. The van der Waals surface area contributed by atoms with Gasteiger partial charge in [0, 0.05) is 12.3 Å². The molecule has 1 aromatic carbocycles. The number of aryl methyl sites for hydroxylation is 1. The van der Waals surface area contributed by atoms with Gasteiger partial charge in [-0.2, -0.15) is 0 Å². The summed E-state index contributed by atoms with van der Waals surface area (Å²) in [6.45, 7) is 2.04. The van der Waals surface area contributed by atoms with Crippen LogP contribution in [0.1, 0.15) is 5.56 Å². The summed E-state index contributed by atoms with van der Waals surface area (Å²) in [6, 6.07) is 8.82. The van der Waals surface area contributed by atoms with Gasteiger partial charge in [-0.05, 0) is 36.8 Å². The minimum atomic E-state index is -0.272. The van der Waals surface area contributed by atoms with Crippen molar-refractivity contribution in [3.8, 4) is 17.2 Å². The number of rotatable bonds is 4. The second-order valence-corrected chi connectivity index (χ2v) is 4.57. The van der Waals surface area contributed by atoms with Crippen molar-refractivity contribution in [2.45, 2.75) is 6.92 Å². The van der Waals surface area contributed by atoms with E-state index in [1.54, 1.807) is 30.5 Å². The molecular formula is C15H14N2O4. The molecule has 2 heterocycles. The van der Waals surface area contributed by atoms with Gasteiger partial charge < -0.3 is 19.5 Å². The van der Waals surface area contributed by atoms with Crippen LogP contribution >= 0.6 is 0 Å². The number of benzene rings is 1. The molecule has 0 unspecified atom stereocenters. The number of fused-ring (bicyclic) bond motifs is 1. The fraction of sp³-hybridized carbons (Fsp3) is 0.200. The van der Waals surface area contributed by atoms with Crippen molar-refractivity contribution >= 4 is 11.7 Å². The van der Waals surface area contributed by atoms with Gasteiger partial charge in [-0.3, -0.25) is 4.79 Å². The number of anilines is 1. The molecule has 6 nitrogen and oxygen atoms in total. The van der Waals surface area contributed by atoms with Crippen molar-refractivity contribution in [2.24, 2.45) is 0 Å². The highest BCUT2D eigenvalue weighted by atomic mass is 16.7. The SMILES string of the molecule is Cc1ccnc(NC(=O)COc2ccc3c(c2)OCO3)c1. The topological polar surface area (TPSA) is 69.7 Å². The van der Waals surface area contributed by atoms with E-state index in [-0.39, 0.29) is 19.3 Å². The Morgan fingerprint density at radius 2 is 2.14 bits per heavy atom. The predicted molar refractivity (Wildman–Crippen MR) is 75.7 cm³/mol. The van der Waals surface area contributed by atoms with E-state index in [0.29, 0.717) is 23.1 Å². The molecule has 1 aliphatic rings. The number of pyridine rings is 1. The molecular weight excluding hydrogens is 272 g/mol. The molecule has 21 heavy (non-hydrogen) atoms. The zero-order chi connectivity index (χ0) is 14.7. The Kier molecular flexibility index (Phi) is 3.59. The Labute approximate surface area is 121 Å². The van der Waals surface area contributed by atoms with Crippen LogP contribution in [0.5, 0.6) is 17.2 Å². The zero-order valence-corrected chi connectivity index (χ0v) is 11.5. The molecule has 3 rings (SSSR count). The molecule has 1 aromatic heterocycles. The van der Waals surface area contributed by atoms with E-state index in [0.717, 1.165) is 5.56 Å². The normalized spacial score (nSPS) is 12.0. The Bertz CT molecular complexity index is 672. The summed E-state index contributed by atoms with van der Waals surface area (Å²) in [5.41, 5.74) is 1.02. The van der Waals surface area contributed by atoms with Crippen LogP contribution in [0.25, 0.3) is 0 Å². The van der Waals surface area contributed by atoms with E-state index in [4.69, 9.17) is 14.2 Å². The van der Waals surface area contributed by atoms with Gasteiger partial charge in [0.1, 0.15) is 11.6 Å². The van der Waals surface area contributed by atoms with E-state index in [9.17, 15) is 4.79 Å². The maximum absolute atomic E-state index is 11.8. The summed E-state index contributed by atoms with van der Waals surface area (Å²) < 4.78 is 15.9. The van der Waals surface area contributed by atoms with Crippen LogP contribution in [0, 0.1) is 6.92 Å². The molecule has 0 spiro atoms. The third kappa shape index (κ3) is 3.22. The second kappa shape index (κ2) is 5.70. The molecule has 0 saturated heterocycles. The number of hydrogen-bond acceptors (Lipinski definition) is 5. The molecule has 1 amide bonds. The third-order valence-corrected chi connectivity index (χ3v) is 2.90. The van der Waals surface area contributed by atoms with Gasteiger partial charge in [0.2, 0.25) is 6.79 Å². The standard InChI is InChI=1S/C15H14N2O4/c1-10-4-5-16-14(6-10)17-15(18)8-19-11-2-3-12-13(7-11)21-9-20-12/h2-7H,8-9H2,1H3,(H,16,17,18). The van der Waals surface area contributed by atoms with Gasteiger partial charge in [0.25, 0.3) is 5.91 Å². The predicted octanol–water partition coefficient (Wildman–Crippen LogP) is 2.14. The van der Waals surface area contributed by atoms with Crippen molar-refractivity contribution in [1.29, 1.82) is 0 Å². The average molecular weight is 286 g/mol. The van der Waals surface area contributed by atoms with Crippen LogP contribution in [0.3, 0.4) is 0 Å². The Balaban J connectivity index is 1.56. The molecule has 6 heteroatoms. The number of carbonyl (C=O) groups excluding carboxylic acids is 1. The zero-order valence-electron chi connectivity index (χ0n) is 11.5. The molecule has 0 fully saturated rings. The van der Waals surface area contributed by atoms with Crippen LogP contribution in [0.4, 0.5) is 5.82 Å². The lowest BCUT2D eigenvalue weighted by Gasteiger charge is -2.08. The van der Waals surface area contributed by atoms with Crippen molar-refractivity contribution < 1.29 is 19.0 Å². The Hall–Kier alpha value is -2.76. The van der Waals surface area contributed by atoms with Crippen LogP contribution in [0.15, 0.2) is 36.5 Å². The maximum atomic E-state index is 11.8. The lowest BCUT2D eigenvalue weighted by atomic mass is 10.3. The van der Waals surface area contributed by atoms with Crippen LogP contribution in [-0.4, -0.2) is 24.3 Å². The molecule has 2 aromatic rings. The lowest BCUT2D eigenvalue weighted by molar-refractivity contribution is -0.118. The van der Waals surface area contributed by atoms with Crippen LogP contribution in [-0.2, 0) is 4.79 Å². The van der Waals surface area contributed by atoms with Crippen molar-refractivity contribution in [1.82, 2.24) is 4.98 Å². The molecule has 0 radical (unpaired) electrons. The first kappa shape index (κ1) is 13.2. The number of amides is 1. The quantitative estimate of drug-likeness (QED) is 0.932.